The molecular formula is C19H16N6O2S. The molecule has 0 fully saturated rings. The summed E-state index contributed by atoms with van der Waals surface area (Å²) in [6.07, 6.45) is 1.81. The summed E-state index contributed by atoms with van der Waals surface area (Å²) < 4.78 is 1.59. The molecule has 2 aromatic heterocycles. The highest BCUT2D eigenvalue weighted by Gasteiger charge is 2.22. The third-order valence-corrected chi connectivity index (χ3v) is 5.09. The Labute approximate surface area is 164 Å². The van der Waals surface area contributed by atoms with Crippen molar-refractivity contribution in [3.63, 3.8) is 0 Å². The average Bonchev–Trinajstić information content (AvgIpc) is 3.36. The van der Waals surface area contributed by atoms with Gasteiger partial charge < -0.3 is 9.67 Å². The number of rotatable bonds is 5. The Morgan fingerprint density at radius 2 is 1.89 bits per heavy atom. The predicted octanol–water partition coefficient (Wildman–Crippen LogP) is 3.35. The normalized spacial score (nSPS) is 10.9. The van der Waals surface area contributed by atoms with Crippen LogP contribution < -0.4 is 0 Å². The second kappa shape index (κ2) is 7.28. The van der Waals surface area contributed by atoms with Crippen molar-refractivity contribution >= 4 is 17.7 Å². The van der Waals surface area contributed by atoms with Gasteiger partial charge >= 0.3 is 5.97 Å². The molecule has 140 valence electrons. The number of hydrogen-bond donors (Lipinski definition) is 2. The fourth-order valence-corrected chi connectivity index (χ4v) is 3.73. The molecule has 0 saturated heterocycles. The van der Waals surface area contributed by atoms with Gasteiger partial charge in [0.2, 0.25) is 0 Å². The lowest BCUT2D eigenvalue weighted by Crippen LogP contribution is -2.06. The number of tetrazole rings is 1. The Morgan fingerprint density at radius 3 is 2.50 bits per heavy atom. The number of imidazole rings is 1. The summed E-state index contributed by atoms with van der Waals surface area (Å²) >= 11 is 1.30. The van der Waals surface area contributed by atoms with Gasteiger partial charge in [-0.1, -0.05) is 42.5 Å². The molecule has 9 heteroatoms. The summed E-state index contributed by atoms with van der Waals surface area (Å²) in [5, 5.41) is 24.2. The van der Waals surface area contributed by atoms with Crippen molar-refractivity contribution in [3.05, 3.63) is 54.2 Å². The summed E-state index contributed by atoms with van der Waals surface area (Å²) in [6, 6.07) is 15.7. The number of carbonyl (C=O) groups is 1. The molecule has 28 heavy (non-hydrogen) atoms. The minimum atomic E-state index is -1.01. The zero-order chi connectivity index (χ0) is 19.7. The van der Waals surface area contributed by atoms with E-state index in [1.165, 1.54) is 11.8 Å². The van der Waals surface area contributed by atoms with Crippen molar-refractivity contribution in [1.29, 1.82) is 0 Å². The van der Waals surface area contributed by atoms with Crippen LogP contribution in [-0.4, -0.2) is 47.5 Å². The summed E-state index contributed by atoms with van der Waals surface area (Å²) in [7, 11) is 1.70. The average molecular weight is 392 g/mol. The highest BCUT2D eigenvalue weighted by Crippen LogP contribution is 2.35. The van der Waals surface area contributed by atoms with Crippen LogP contribution >= 0.6 is 11.8 Å². The second-order valence-corrected chi connectivity index (χ2v) is 6.83. The summed E-state index contributed by atoms with van der Waals surface area (Å²) in [5.74, 6) is 0.0831. The highest BCUT2D eigenvalue weighted by atomic mass is 32.2. The van der Waals surface area contributed by atoms with Crippen LogP contribution in [0.4, 0.5) is 0 Å². The number of aromatic nitrogens is 6. The molecule has 0 radical (unpaired) electrons. The molecule has 2 heterocycles. The van der Waals surface area contributed by atoms with Gasteiger partial charge in [-0.05, 0) is 33.9 Å². The molecule has 4 aromatic rings. The Kier molecular flexibility index (Phi) is 4.66. The number of carboxylic acid groups (broad SMARTS) is 1. The van der Waals surface area contributed by atoms with Crippen molar-refractivity contribution in [1.82, 2.24) is 30.2 Å². The lowest BCUT2D eigenvalue weighted by molar-refractivity contribution is 0.0682. The Hall–Kier alpha value is -3.46. The molecule has 2 aromatic carbocycles. The second-order valence-electron chi connectivity index (χ2n) is 6.03. The van der Waals surface area contributed by atoms with Crippen LogP contribution in [0, 0.1) is 0 Å². The third kappa shape index (κ3) is 3.05. The first-order chi connectivity index (χ1) is 13.6. The van der Waals surface area contributed by atoms with Crippen LogP contribution in [0.3, 0.4) is 0 Å². The third-order valence-electron chi connectivity index (χ3n) is 4.42. The van der Waals surface area contributed by atoms with Gasteiger partial charge in [0, 0.05) is 18.2 Å². The summed E-state index contributed by atoms with van der Waals surface area (Å²) in [4.78, 5) is 16.2. The monoisotopic (exact) mass is 392 g/mol. The van der Waals surface area contributed by atoms with Crippen LogP contribution in [0.25, 0.3) is 33.9 Å². The van der Waals surface area contributed by atoms with Gasteiger partial charge in [-0.3, -0.25) is 0 Å². The van der Waals surface area contributed by atoms with E-state index in [0.29, 0.717) is 16.7 Å². The molecule has 0 unspecified atom stereocenters. The van der Waals surface area contributed by atoms with Crippen molar-refractivity contribution in [2.24, 2.45) is 7.05 Å². The maximum absolute atomic E-state index is 11.6. The number of nitrogens with zero attached hydrogens (tertiary/aromatic N) is 5. The number of benzene rings is 2. The number of aromatic amines is 1. The van der Waals surface area contributed by atoms with E-state index < -0.39 is 5.97 Å². The molecule has 0 spiro atoms. The Morgan fingerprint density at radius 1 is 1.11 bits per heavy atom. The number of hydrogen-bond acceptors (Lipinski definition) is 6. The fraction of sp³-hybridized carbons (Fsp3) is 0.105. The molecule has 2 N–H and O–H groups in total. The number of H-pyrrole nitrogens is 1. The zero-order valence-corrected chi connectivity index (χ0v) is 15.9. The van der Waals surface area contributed by atoms with E-state index in [-0.39, 0.29) is 5.69 Å². The molecular weight excluding hydrogens is 376 g/mol. The van der Waals surface area contributed by atoms with Crippen LogP contribution in [-0.2, 0) is 7.05 Å². The Balaban J connectivity index is 1.92. The van der Waals surface area contributed by atoms with Gasteiger partial charge in [-0.15, -0.1) is 16.9 Å². The van der Waals surface area contributed by atoms with Gasteiger partial charge in [-0.2, -0.15) is 0 Å². The van der Waals surface area contributed by atoms with Crippen molar-refractivity contribution in [2.45, 2.75) is 5.03 Å². The van der Waals surface area contributed by atoms with E-state index in [4.69, 9.17) is 0 Å². The van der Waals surface area contributed by atoms with Crippen LogP contribution in [0.5, 0.6) is 0 Å². The standard InChI is InChI=1S/C19H16N6O2S/c1-25-15(19(26)27)18(28-2)20-17(25)12-8-9-13(11-6-4-3-5-7-11)14(10-12)16-21-23-24-22-16/h3-10H,1-2H3,(H,26,27)(H,21,22,23,24). The maximum atomic E-state index is 11.6. The van der Waals surface area contributed by atoms with Gasteiger partial charge in [0.15, 0.2) is 11.5 Å². The molecule has 0 aliphatic rings. The van der Waals surface area contributed by atoms with E-state index >= 15 is 0 Å². The quantitative estimate of drug-likeness (QED) is 0.501. The van der Waals surface area contributed by atoms with Crippen molar-refractivity contribution in [3.8, 4) is 33.9 Å². The molecule has 0 saturated carbocycles. The molecule has 0 aliphatic carbocycles. The van der Waals surface area contributed by atoms with Crippen molar-refractivity contribution < 1.29 is 9.90 Å². The molecule has 4 rings (SSSR count). The number of thioether (sulfide) groups is 1. The van der Waals surface area contributed by atoms with Gasteiger partial charge in [-0.25, -0.2) is 14.9 Å². The van der Waals surface area contributed by atoms with Crippen LogP contribution in [0.1, 0.15) is 10.5 Å². The first kappa shape index (κ1) is 17.9. The molecule has 0 atom stereocenters. The molecule has 8 nitrogen and oxygen atoms in total. The largest absolute Gasteiger partial charge is 0.476 e. The maximum Gasteiger partial charge on any atom is 0.355 e. The summed E-state index contributed by atoms with van der Waals surface area (Å²) in [6.45, 7) is 0. The van der Waals surface area contributed by atoms with Crippen LogP contribution in [0.2, 0.25) is 0 Å². The van der Waals surface area contributed by atoms with E-state index in [2.05, 4.69) is 25.6 Å². The predicted molar refractivity (Wildman–Crippen MR) is 106 cm³/mol. The van der Waals surface area contributed by atoms with E-state index in [0.717, 1.165) is 22.3 Å². The zero-order valence-electron chi connectivity index (χ0n) is 15.1. The molecule has 0 aliphatic heterocycles. The molecule has 0 bridgehead atoms. The van der Waals surface area contributed by atoms with E-state index in [1.54, 1.807) is 11.6 Å². The fourth-order valence-electron chi connectivity index (χ4n) is 3.13. The smallest absolute Gasteiger partial charge is 0.355 e. The first-order valence-corrected chi connectivity index (χ1v) is 9.60. The van der Waals surface area contributed by atoms with E-state index in [1.807, 2.05) is 54.8 Å². The summed E-state index contributed by atoms with van der Waals surface area (Å²) in [5.41, 5.74) is 3.73. The van der Waals surface area contributed by atoms with E-state index in [9.17, 15) is 9.90 Å². The first-order valence-electron chi connectivity index (χ1n) is 8.38. The SMILES string of the molecule is CSc1nc(-c2ccc(-c3ccccc3)c(-c3nnn[nH]3)c2)n(C)c1C(=O)O. The number of nitrogens with one attached hydrogen (secondary N) is 1. The topological polar surface area (TPSA) is 110 Å². The number of aromatic carboxylic acids is 1. The lowest BCUT2D eigenvalue weighted by atomic mass is 9.97. The minimum absolute atomic E-state index is 0.164. The van der Waals surface area contributed by atoms with Crippen molar-refractivity contribution in [2.75, 3.05) is 6.26 Å². The van der Waals surface area contributed by atoms with Gasteiger partial charge in [0.25, 0.3) is 0 Å². The molecule has 0 amide bonds. The highest BCUT2D eigenvalue weighted by molar-refractivity contribution is 7.98. The van der Waals surface area contributed by atoms with Gasteiger partial charge in [0.1, 0.15) is 10.9 Å². The lowest BCUT2D eigenvalue weighted by Gasteiger charge is -2.10. The van der Waals surface area contributed by atoms with Gasteiger partial charge in [0.05, 0.1) is 0 Å². The minimum Gasteiger partial charge on any atom is -0.476 e. The van der Waals surface area contributed by atoms with Crippen LogP contribution in [0.15, 0.2) is 53.6 Å². The number of carboxylic acids is 1. The Bertz CT molecular complexity index is 1140.